The van der Waals surface area contributed by atoms with Gasteiger partial charge in [-0.15, -0.1) is 0 Å². The van der Waals surface area contributed by atoms with Gasteiger partial charge in [0.2, 0.25) is 10.0 Å². The SMILES string of the molecule is CCOc1cccc(C(C)NS(=O)(=O)c2ccc3c(c2)n(C)c(=O)n3C)c1. The fraction of sp³-hybridized carbons (Fsp3) is 0.316. The first-order valence-electron chi connectivity index (χ1n) is 8.65. The highest BCUT2D eigenvalue weighted by Gasteiger charge is 2.20. The van der Waals surface area contributed by atoms with Crippen molar-refractivity contribution >= 4 is 21.1 Å². The van der Waals surface area contributed by atoms with Crippen LogP contribution in [-0.4, -0.2) is 24.2 Å². The second-order valence-corrected chi connectivity index (χ2v) is 8.11. The maximum absolute atomic E-state index is 12.8. The molecule has 0 radical (unpaired) electrons. The number of nitrogens with zero attached hydrogens (tertiary/aromatic N) is 2. The Morgan fingerprint density at radius 3 is 2.48 bits per heavy atom. The van der Waals surface area contributed by atoms with Crippen molar-refractivity contribution in [3.05, 3.63) is 58.5 Å². The molecule has 1 unspecified atom stereocenters. The zero-order valence-electron chi connectivity index (χ0n) is 15.8. The van der Waals surface area contributed by atoms with Crippen LogP contribution in [0.25, 0.3) is 11.0 Å². The molecule has 0 aliphatic heterocycles. The predicted octanol–water partition coefficient (Wildman–Crippen LogP) is 2.32. The molecule has 0 bridgehead atoms. The largest absolute Gasteiger partial charge is 0.494 e. The van der Waals surface area contributed by atoms with E-state index in [0.717, 1.165) is 5.56 Å². The van der Waals surface area contributed by atoms with E-state index in [-0.39, 0.29) is 10.6 Å². The first kappa shape index (κ1) is 19.2. The first-order chi connectivity index (χ1) is 12.7. The molecule has 0 saturated carbocycles. The highest BCUT2D eigenvalue weighted by Crippen LogP contribution is 2.23. The van der Waals surface area contributed by atoms with Gasteiger partial charge in [-0.2, -0.15) is 0 Å². The van der Waals surface area contributed by atoms with Crippen molar-refractivity contribution in [1.82, 2.24) is 13.9 Å². The molecule has 0 aliphatic carbocycles. The molecule has 0 spiro atoms. The maximum Gasteiger partial charge on any atom is 0.328 e. The van der Waals surface area contributed by atoms with Gasteiger partial charge in [0.15, 0.2) is 0 Å². The van der Waals surface area contributed by atoms with Crippen molar-refractivity contribution in [1.29, 1.82) is 0 Å². The molecule has 0 amide bonds. The first-order valence-corrected chi connectivity index (χ1v) is 10.1. The summed E-state index contributed by atoms with van der Waals surface area (Å²) in [6, 6.07) is 11.6. The average molecular weight is 389 g/mol. The lowest BCUT2D eigenvalue weighted by molar-refractivity contribution is 0.339. The molecule has 27 heavy (non-hydrogen) atoms. The van der Waals surface area contributed by atoms with Gasteiger partial charge in [-0.25, -0.2) is 17.9 Å². The third-order valence-electron chi connectivity index (χ3n) is 4.55. The van der Waals surface area contributed by atoms with Crippen molar-refractivity contribution < 1.29 is 13.2 Å². The standard InChI is InChI=1S/C19H23N3O4S/c1-5-26-15-8-6-7-14(11-15)13(2)20-27(24,25)16-9-10-17-18(12-16)22(4)19(23)21(17)3/h6-13,20H,5H2,1-4H3. The van der Waals surface area contributed by atoms with Crippen molar-refractivity contribution in [2.45, 2.75) is 24.8 Å². The number of imidazole rings is 1. The molecule has 0 fully saturated rings. The minimum Gasteiger partial charge on any atom is -0.494 e. The van der Waals surface area contributed by atoms with Gasteiger partial charge in [0, 0.05) is 20.1 Å². The number of hydrogen-bond acceptors (Lipinski definition) is 4. The summed E-state index contributed by atoms with van der Waals surface area (Å²) in [5, 5.41) is 0. The fourth-order valence-corrected chi connectivity index (χ4v) is 4.31. The minimum atomic E-state index is -3.76. The summed E-state index contributed by atoms with van der Waals surface area (Å²) in [7, 11) is -0.481. The quantitative estimate of drug-likeness (QED) is 0.701. The molecule has 2 aromatic carbocycles. The lowest BCUT2D eigenvalue weighted by Gasteiger charge is -2.16. The zero-order chi connectivity index (χ0) is 19.8. The van der Waals surface area contributed by atoms with Crippen LogP contribution < -0.4 is 15.1 Å². The summed E-state index contributed by atoms with van der Waals surface area (Å²) in [4.78, 5) is 12.2. The third-order valence-corrected chi connectivity index (χ3v) is 6.09. The van der Waals surface area contributed by atoms with E-state index >= 15 is 0 Å². The number of fused-ring (bicyclic) bond motifs is 1. The van der Waals surface area contributed by atoms with E-state index in [0.29, 0.717) is 23.4 Å². The van der Waals surface area contributed by atoms with E-state index in [4.69, 9.17) is 4.74 Å². The Morgan fingerprint density at radius 2 is 1.78 bits per heavy atom. The van der Waals surface area contributed by atoms with Crippen LogP contribution in [0.15, 0.2) is 52.2 Å². The monoisotopic (exact) mass is 389 g/mol. The van der Waals surface area contributed by atoms with Crippen LogP contribution in [0.4, 0.5) is 0 Å². The molecule has 8 heteroatoms. The van der Waals surface area contributed by atoms with Gasteiger partial charge >= 0.3 is 5.69 Å². The zero-order valence-corrected chi connectivity index (χ0v) is 16.6. The number of benzene rings is 2. The minimum absolute atomic E-state index is 0.115. The topological polar surface area (TPSA) is 82.3 Å². The van der Waals surface area contributed by atoms with Crippen LogP contribution in [0.1, 0.15) is 25.5 Å². The number of aryl methyl sites for hydroxylation is 2. The number of aromatic nitrogens is 2. The average Bonchev–Trinajstić information content (AvgIpc) is 2.86. The molecule has 1 aromatic heterocycles. The van der Waals surface area contributed by atoms with Crippen molar-refractivity contribution in [3.8, 4) is 5.75 Å². The Hall–Kier alpha value is -2.58. The van der Waals surface area contributed by atoms with Crippen LogP contribution in [0.2, 0.25) is 0 Å². The molecule has 7 nitrogen and oxygen atoms in total. The highest BCUT2D eigenvalue weighted by molar-refractivity contribution is 7.89. The van der Waals surface area contributed by atoms with Crippen molar-refractivity contribution in [2.75, 3.05) is 6.61 Å². The maximum atomic E-state index is 12.8. The number of rotatable bonds is 6. The number of sulfonamides is 1. The second kappa shape index (κ2) is 7.21. The highest BCUT2D eigenvalue weighted by atomic mass is 32.2. The molecule has 3 aromatic rings. The van der Waals surface area contributed by atoms with E-state index in [1.165, 1.54) is 21.3 Å². The van der Waals surface area contributed by atoms with Crippen LogP contribution in [0.3, 0.4) is 0 Å². The molecular weight excluding hydrogens is 366 g/mol. The van der Waals surface area contributed by atoms with E-state index in [2.05, 4.69) is 4.72 Å². The number of hydrogen-bond donors (Lipinski definition) is 1. The van der Waals surface area contributed by atoms with Crippen LogP contribution in [0, 0.1) is 0 Å². The van der Waals surface area contributed by atoms with Crippen LogP contribution in [0.5, 0.6) is 5.75 Å². The summed E-state index contributed by atoms with van der Waals surface area (Å²) in [6.45, 7) is 4.21. The van der Waals surface area contributed by atoms with Crippen LogP contribution >= 0.6 is 0 Å². The molecule has 0 aliphatic rings. The fourth-order valence-electron chi connectivity index (χ4n) is 3.06. The molecule has 1 atom stereocenters. The normalized spacial score (nSPS) is 13.0. The van der Waals surface area contributed by atoms with E-state index < -0.39 is 16.1 Å². The third kappa shape index (κ3) is 3.63. The van der Waals surface area contributed by atoms with E-state index in [1.807, 2.05) is 31.2 Å². The Kier molecular flexibility index (Phi) is 5.12. The predicted molar refractivity (Wildman–Crippen MR) is 105 cm³/mol. The summed E-state index contributed by atoms with van der Waals surface area (Å²) < 4.78 is 36.8. The summed E-state index contributed by atoms with van der Waals surface area (Å²) >= 11 is 0. The molecule has 1 N–H and O–H groups in total. The molecule has 3 rings (SSSR count). The van der Waals surface area contributed by atoms with Gasteiger partial charge in [-0.3, -0.25) is 9.13 Å². The van der Waals surface area contributed by atoms with Crippen molar-refractivity contribution in [3.63, 3.8) is 0 Å². The second-order valence-electron chi connectivity index (χ2n) is 6.40. The Balaban J connectivity index is 1.92. The molecule has 0 saturated heterocycles. The van der Waals surface area contributed by atoms with Gasteiger partial charge in [-0.05, 0) is 49.7 Å². The smallest absolute Gasteiger partial charge is 0.328 e. The number of nitrogens with one attached hydrogen (secondary N) is 1. The lowest BCUT2D eigenvalue weighted by Crippen LogP contribution is -2.27. The van der Waals surface area contributed by atoms with Gasteiger partial charge in [0.05, 0.1) is 22.5 Å². The molecule has 1 heterocycles. The van der Waals surface area contributed by atoms with Gasteiger partial charge in [0.25, 0.3) is 0 Å². The Morgan fingerprint density at radius 1 is 1.07 bits per heavy atom. The number of ether oxygens (including phenoxy) is 1. The summed E-state index contributed by atoms with van der Waals surface area (Å²) in [5.74, 6) is 0.696. The Labute approximate surface area is 158 Å². The lowest BCUT2D eigenvalue weighted by atomic mass is 10.1. The molecular formula is C19H23N3O4S. The van der Waals surface area contributed by atoms with Gasteiger partial charge < -0.3 is 4.74 Å². The molecule has 144 valence electrons. The van der Waals surface area contributed by atoms with Crippen molar-refractivity contribution in [2.24, 2.45) is 14.1 Å². The van der Waals surface area contributed by atoms with Gasteiger partial charge in [-0.1, -0.05) is 12.1 Å². The van der Waals surface area contributed by atoms with E-state index in [9.17, 15) is 13.2 Å². The van der Waals surface area contributed by atoms with Crippen LogP contribution in [-0.2, 0) is 24.1 Å². The van der Waals surface area contributed by atoms with E-state index in [1.54, 1.807) is 27.1 Å². The Bertz CT molecular complexity index is 1150. The summed E-state index contributed by atoms with van der Waals surface area (Å²) in [5.41, 5.74) is 1.85. The summed E-state index contributed by atoms with van der Waals surface area (Å²) in [6.07, 6.45) is 0. The van der Waals surface area contributed by atoms with Gasteiger partial charge in [0.1, 0.15) is 5.75 Å².